The van der Waals surface area contributed by atoms with Gasteiger partial charge in [0.05, 0.1) is 12.2 Å². The van der Waals surface area contributed by atoms with Crippen LogP contribution in [0.25, 0.3) is 0 Å². The van der Waals surface area contributed by atoms with E-state index in [1.807, 2.05) is 11.3 Å². The molecular weight excluding hydrogens is 204 g/mol. The number of ether oxygens (including phenoxy) is 1. The van der Waals surface area contributed by atoms with E-state index in [1.165, 1.54) is 10.4 Å². The highest BCUT2D eigenvalue weighted by atomic mass is 32.1. The lowest BCUT2D eigenvalue weighted by atomic mass is 9.85. The molecule has 1 aromatic rings. The maximum Gasteiger partial charge on any atom is 0.0886 e. The molecule has 0 saturated heterocycles. The molecule has 0 N–H and O–H groups in total. The van der Waals surface area contributed by atoms with Gasteiger partial charge in [-0.25, -0.2) is 0 Å². The molecular formula is C13H20OS. The molecule has 0 spiro atoms. The van der Waals surface area contributed by atoms with Gasteiger partial charge in [-0.15, -0.1) is 11.3 Å². The molecule has 1 aliphatic rings. The molecule has 1 aromatic heterocycles. The summed E-state index contributed by atoms with van der Waals surface area (Å²) < 4.78 is 5.82. The smallest absolute Gasteiger partial charge is 0.0886 e. The quantitative estimate of drug-likeness (QED) is 0.650. The van der Waals surface area contributed by atoms with Gasteiger partial charge in [-0.3, -0.25) is 0 Å². The lowest BCUT2D eigenvalue weighted by molar-refractivity contribution is -0.0312. The predicted molar refractivity (Wildman–Crippen MR) is 65.7 cm³/mol. The highest BCUT2D eigenvalue weighted by molar-refractivity contribution is 7.10. The highest BCUT2D eigenvalue weighted by Crippen LogP contribution is 2.42. The van der Waals surface area contributed by atoms with Crippen molar-refractivity contribution in [2.45, 2.75) is 52.1 Å². The van der Waals surface area contributed by atoms with Gasteiger partial charge >= 0.3 is 0 Å². The van der Waals surface area contributed by atoms with Gasteiger partial charge in [-0.2, -0.15) is 0 Å². The van der Waals surface area contributed by atoms with Crippen molar-refractivity contribution >= 4 is 11.3 Å². The van der Waals surface area contributed by atoms with Gasteiger partial charge in [-0.1, -0.05) is 20.8 Å². The first kappa shape index (κ1) is 11.2. The topological polar surface area (TPSA) is 9.23 Å². The Labute approximate surface area is 96.5 Å². The maximum atomic E-state index is 5.82. The van der Waals surface area contributed by atoms with Crippen LogP contribution in [0.5, 0.6) is 0 Å². The Morgan fingerprint density at radius 2 is 2.00 bits per heavy atom. The van der Waals surface area contributed by atoms with Crippen LogP contribution in [0.3, 0.4) is 0 Å². The molecule has 2 heterocycles. The van der Waals surface area contributed by atoms with Crippen molar-refractivity contribution in [2.75, 3.05) is 6.61 Å². The zero-order valence-corrected chi connectivity index (χ0v) is 11.1. The van der Waals surface area contributed by atoms with E-state index < -0.39 is 0 Å². The second-order valence-corrected chi connectivity index (χ2v) is 6.70. The average Bonchev–Trinajstić information content (AvgIpc) is 2.46. The summed E-state index contributed by atoms with van der Waals surface area (Å²) in [5.41, 5.74) is 3.13. The molecule has 0 fully saturated rings. The molecule has 1 aliphatic heterocycles. The third kappa shape index (κ3) is 1.85. The minimum Gasteiger partial charge on any atom is -0.370 e. The number of thiophene rings is 1. The molecule has 0 amide bonds. The van der Waals surface area contributed by atoms with Crippen LogP contribution in [0.1, 0.15) is 50.6 Å². The number of rotatable bonds is 0. The number of hydrogen-bond donors (Lipinski definition) is 0. The van der Waals surface area contributed by atoms with Gasteiger partial charge in [0, 0.05) is 4.88 Å². The molecule has 0 saturated carbocycles. The summed E-state index contributed by atoms with van der Waals surface area (Å²) in [6.07, 6.45) is 1.08. The van der Waals surface area contributed by atoms with Gasteiger partial charge in [-0.05, 0) is 42.2 Å². The van der Waals surface area contributed by atoms with E-state index in [9.17, 15) is 0 Å². The molecule has 2 heteroatoms. The van der Waals surface area contributed by atoms with Crippen molar-refractivity contribution in [2.24, 2.45) is 0 Å². The maximum absolute atomic E-state index is 5.82. The Bertz CT molecular complexity index is 355. The fourth-order valence-corrected chi connectivity index (χ4v) is 3.62. The molecule has 0 aromatic carbocycles. The predicted octanol–water partition coefficient (Wildman–Crippen LogP) is 3.85. The van der Waals surface area contributed by atoms with Crippen molar-refractivity contribution in [3.63, 3.8) is 0 Å². The summed E-state index contributed by atoms with van der Waals surface area (Å²) in [6.45, 7) is 12.1. The second-order valence-electron chi connectivity index (χ2n) is 5.82. The van der Waals surface area contributed by atoms with E-state index in [-0.39, 0.29) is 11.0 Å². The lowest BCUT2D eigenvalue weighted by Gasteiger charge is -2.32. The summed E-state index contributed by atoms with van der Waals surface area (Å²) in [4.78, 5) is 1.54. The summed E-state index contributed by atoms with van der Waals surface area (Å²) in [5.74, 6) is 0. The standard InChI is InChI=1S/C13H20OS/c1-12(2,3)11-9-6-7-14-13(4,5)10(9)8-15-11/h8H,6-7H2,1-5H3. The first-order valence-electron chi connectivity index (χ1n) is 5.57. The molecule has 84 valence electrons. The van der Waals surface area contributed by atoms with E-state index >= 15 is 0 Å². The van der Waals surface area contributed by atoms with E-state index in [1.54, 1.807) is 5.56 Å². The van der Waals surface area contributed by atoms with Crippen LogP contribution in [0, 0.1) is 0 Å². The zero-order valence-electron chi connectivity index (χ0n) is 10.3. The summed E-state index contributed by atoms with van der Waals surface area (Å²) in [7, 11) is 0. The van der Waals surface area contributed by atoms with Crippen molar-refractivity contribution in [3.8, 4) is 0 Å². The van der Waals surface area contributed by atoms with E-state index in [2.05, 4.69) is 40.0 Å². The molecule has 0 radical (unpaired) electrons. The normalized spacial score (nSPS) is 20.1. The number of hydrogen-bond acceptors (Lipinski definition) is 2. The average molecular weight is 224 g/mol. The third-order valence-electron chi connectivity index (χ3n) is 3.04. The first-order valence-corrected chi connectivity index (χ1v) is 6.45. The fraction of sp³-hybridized carbons (Fsp3) is 0.692. The van der Waals surface area contributed by atoms with Crippen molar-refractivity contribution in [3.05, 3.63) is 21.4 Å². The Morgan fingerprint density at radius 1 is 1.33 bits per heavy atom. The molecule has 1 nitrogen and oxygen atoms in total. The summed E-state index contributed by atoms with van der Waals surface area (Å²) >= 11 is 1.89. The molecule has 2 rings (SSSR count). The lowest BCUT2D eigenvalue weighted by Crippen LogP contribution is -2.29. The van der Waals surface area contributed by atoms with Gasteiger partial charge in [0.2, 0.25) is 0 Å². The SMILES string of the molecule is CC(C)(C)c1scc2c1CCOC2(C)C. The van der Waals surface area contributed by atoms with Crippen LogP contribution >= 0.6 is 11.3 Å². The third-order valence-corrected chi connectivity index (χ3v) is 4.49. The van der Waals surface area contributed by atoms with Gasteiger partial charge in [0.1, 0.15) is 0 Å². The van der Waals surface area contributed by atoms with Crippen LogP contribution in [-0.2, 0) is 22.2 Å². The van der Waals surface area contributed by atoms with Crippen LogP contribution in [-0.4, -0.2) is 6.61 Å². The molecule has 0 unspecified atom stereocenters. The highest BCUT2D eigenvalue weighted by Gasteiger charge is 2.33. The molecule has 0 bridgehead atoms. The minimum absolute atomic E-state index is 0.0897. The van der Waals surface area contributed by atoms with Crippen LogP contribution in [0.15, 0.2) is 5.38 Å². The van der Waals surface area contributed by atoms with E-state index in [0.717, 1.165) is 13.0 Å². The van der Waals surface area contributed by atoms with Crippen LogP contribution < -0.4 is 0 Å². The van der Waals surface area contributed by atoms with Gasteiger partial charge in [0.25, 0.3) is 0 Å². The largest absolute Gasteiger partial charge is 0.370 e. The Hall–Kier alpha value is -0.340. The minimum atomic E-state index is -0.0897. The van der Waals surface area contributed by atoms with Crippen molar-refractivity contribution in [1.82, 2.24) is 0 Å². The Balaban J connectivity index is 2.52. The van der Waals surface area contributed by atoms with Crippen LogP contribution in [0.2, 0.25) is 0 Å². The van der Waals surface area contributed by atoms with E-state index in [4.69, 9.17) is 4.74 Å². The molecule has 0 atom stereocenters. The molecule has 0 aliphatic carbocycles. The fourth-order valence-electron chi connectivity index (χ4n) is 2.25. The second kappa shape index (κ2) is 3.33. The zero-order chi connectivity index (χ0) is 11.3. The monoisotopic (exact) mass is 224 g/mol. The summed E-state index contributed by atoms with van der Waals surface area (Å²) in [5, 5.41) is 2.29. The summed E-state index contributed by atoms with van der Waals surface area (Å²) in [6, 6.07) is 0. The first-order chi connectivity index (χ1) is 6.82. The van der Waals surface area contributed by atoms with Gasteiger partial charge < -0.3 is 4.74 Å². The van der Waals surface area contributed by atoms with Gasteiger partial charge in [0.15, 0.2) is 0 Å². The van der Waals surface area contributed by atoms with E-state index in [0.29, 0.717) is 0 Å². The number of fused-ring (bicyclic) bond motifs is 1. The molecule has 15 heavy (non-hydrogen) atoms. The Kier molecular flexibility index (Phi) is 2.47. The Morgan fingerprint density at radius 3 is 2.60 bits per heavy atom. The van der Waals surface area contributed by atoms with Crippen molar-refractivity contribution < 1.29 is 4.74 Å². The van der Waals surface area contributed by atoms with Crippen LogP contribution in [0.4, 0.5) is 0 Å². The van der Waals surface area contributed by atoms with Crippen molar-refractivity contribution in [1.29, 1.82) is 0 Å².